The van der Waals surface area contributed by atoms with Crippen molar-refractivity contribution in [3.05, 3.63) is 24.2 Å². The number of aliphatic hydroxyl groups excluding tert-OH is 1. The lowest BCUT2D eigenvalue weighted by molar-refractivity contribution is 0.173. The molecule has 1 aromatic heterocycles. The van der Waals surface area contributed by atoms with Crippen LogP contribution < -0.4 is 0 Å². The van der Waals surface area contributed by atoms with Gasteiger partial charge in [0.05, 0.1) is 12.0 Å². The first-order chi connectivity index (χ1) is 5.20. The Bertz CT molecular complexity index is 230. The zero-order chi connectivity index (χ0) is 8.27. The van der Waals surface area contributed by atoms with E-state index in [0.29, 0.717) is 5.76 Å². The maximum Gasteiger partial charge on any atom is 0.133 e. The average molecular weight is 174 g/mol. The molecule has 1 aromatic rings. The normalized spacial score (nSPS) is 16.2. The molecule has 4 heteroatoms. The van der Waals surface area contributed by atoms with Crippen LogP contribution in [0.4, 0.5) is 0 Å². The summed E-state index contributed by atoms with van der Waals surface area (Å²) >= 11 is 0. The lowest BCUT2D eigenvalue weighted by atomic mass is 10.3. The molecule has 2 unspecified atom stereocenters. The first kappa shape index (κ1) is 8.49. The van der Waals surface area contributed by atoms with Crippen LogP contribution in [-0.4, -0.2) is 21.3 Å². The van der Waals surface area contributed by atoms with Crippen molar-refractivity contribution >= 4 is 10.8 Å². The van der Waals surface area contributed by atoms with Gasteiger partial charge < -0.3 is 9.52 Å². The van der Waals surface area contributed by atoms with Crippen molar-refractivity contribution in [1.29, 1.82) is 0 Å². The van der Waals surface area contributed by atoms with Gasteiger partial charge in [0.1, 0.15) is 11.9 Å². The van der Waals surface area contributed by atoms with E-state index in [1.807, 2.05) is 0 Å². The van der Waals surface area contributed by atoms with Crippen LogP contribution in [-0.2, 0) is 10.8 Å². The van der Waals surface area contributed by atoms with E-state index < -0.39 is 16.9 Å². The molecule has 0 saturated carbocycles. The molecular formula is C7H10O3S. The Kier molecular flexibility index (Phi) is 2.84. The molecule has 0 saturated heterocycles. The summed E-state index contributed by atoms with van der Waals surface area (Å²) in [4.78, 5) is 0. The van der Waals surface area contributed by atoms with Gasteiger partial charge in [-0.25, -0.2) is 0 Å². The summed E-state index contributed by atoms with van der Waals surface area (Å²) in [6.45, 7) is 0. The predicted octanol–water partition coefficient (Wildman–Crippen LogP) is 0.692. The van der Waals surface area contributed by atoms with E-state index in [4.69, 9.17) is 4.42 Å². The van der Waals surface area contributed by atoms with Gasteiger partial charge in [0, 0.05) is 17.1 Å². The fourth-order valence-corrected chi connectivity index (χ4v) is 1.39. The van der Waals surface area contributed by atoms with Crippen LogP contribution in [0.1, 0.15) is 11.9 Å². The summed E-state index contributed by atoms with van der Waals surface area (Å²) < 4.78 is 15.6. The van der Waals surface area contributed by atoms with Crippen LogP contribution in [0.2, 0.25) is 0 Å². The van der Waals surface area contributed by atoms with E-state index in [-0.39, 0.29) is 5.75 Å². The van der Waals surface area contributed by atoms with Gasteiger partial charge in [0.15, 0.2) is 0 Å². The molecule has 0 radical (unpaired) electrons. The summed E-state index contributed by atoms with van der Waals surface area (Å²) in [7, 11) is -0.990. The second kappa shape index (κ2) is 3.69. The molecule has 11 heavy (non-hydrogen) atoms. The standard InChI is InChI=1S/C7H10O3S/c1-11(9)5-6(8)7-3-2-4-10-7/h2-4,6,8H,5H2,1H3. The highest BCUT2D eigenvalue weighted by atomic mass is 32.2. The predicted molar refractivity (Wildman–Crippen MR) is 42.6 cm³/mol. The van der Waals surface area contributed by atoms with Crippen LogP contribution in [0.3, 0.4) is 0 Å². The van der Waals surface area contributed by atoms with Crippen LogP contribution >= 0.6 is 0 Å². The van der Waals surface area contributed by atoms with Gasteiger partial charge in [-0.15, -0.1) is 0 Å². The highest BCUT2D eigenvalue weighted by Crippen LogP contribution is 2.13. The average Bonchev–Trinajstić information content (AvgIpc) is 2.35. The van der Waals surface area contributed by atoms with Gasteiger partial charge in [-0.3, -0.25) is 4.21 Å². The molecule has 3 nitrogen and oxygen atoms in total. The van der Waals surface area contributed by atoms with E-state index >= 15 is 0 Å². The molecule has 2 atom stereocenters. The number of furan rings is 1. The van der Waals surface area contributed by atoms with Crippen molar-refractivity contribution in [2.75, 3.05) is 12.0 Å². The van der Waals surface area contributed by atoms with Crippen LogP contribution in [0, 0.1) is 0 Å². The molecule has 0 aromatic carbocycles. The summed E-state index contributed by atoms with van der Waals surface area (Å²) in [6.07, 6.45) is 2.29. The molecule has 0 fully saturated rings. The molecule has 1 heterocycles. The Morgan fingerprint density at radius 1 is 1.82 bits per heavy atom. The third-order valence-corrected chi connectivity index (χ3v) is 2.05. The fraction of sp³-hybridized carbons (Fsp3) is 0.429. The first-order valence-electron chi connectivity index (χ1n) is 3.21. The highest BCUT2D eigenvalue weighted by Gasteiger charge is 2.11. The minimum Gasteiger partial charge on any atom is -0.467 e. The zero-order valence-corrected chi connectivity index (χ0v) is 7.00. The third kappa shape index (κ3) is 2.48. The first-order valence-corrected chi connectivity index (χ1v) is 4.94. The molecule has 0 amide bonds. The molecule has 1 N–H and O–H groups in total. The van der Waals surface area contributed by atoms with E-state index in [9.17, 15) is 9.32 Å². The minimum absolute atomic E-state index is 0.230. The SMILES string of the molecule is CS(=O)CC(O)c1ccco1. The Labute approximate surface area is 67.5 Å². The Hall–Kier alpha value is -0.610. The smallest absolute Gasteiger partial charge is 0.133 e. The van der Waals surface area contributed by atoms with Crippen LogP contribution in [0.5, 0.6) is 0 Å². The van der Waals surface area contributed by atoms with Crippen molar-refractivity contribution < 1.29 is 13.7 Å². The lowest BCUT2D eigenvalue weighted by Crippen LogP contribution is -2.06. The number of aliphatic hydroxyl groups is 1. The van der Waals surface area contributed by atoms with Crippen molar-refractivity contribution in [1.82, 2.24) is 0 Å². The van der Waals surface area contributed by atoms with Gasteiger partial charge in [-0.1, -0.05) is 0 Å². The highest BCUT2D eigenvalue weighted by molar-refractivity contribution is 7.84. The topological polar surface area (TPSA) is 50.4 Å². The second-order valence-electron chi connectivity index (χ2n) is 2.27. The maximum absolute atomic E-state index is 10.7. The number of rotatable bonds is 3. The van der Waals surface area contributed by atoms with E-state index in [2.05, 4.69) is 0 Å². The lowest BCUT2D eigenvalue weighted by Gasteiger charge is -2.03. The summed E-state index contributed by atoms with van der Waals surface area (Å²) in [5, 5.41) is 9.29. The Morgan fingerprint density at radius 2 is 2.55 bits per heavy atom. The van der Waals surface area contributed by atoms with E-state index in [1.54, 1.807) is 18.4 Å². The summed E-state index contributed by atoms with van der Waals surface area (Å²) in [5.74, 6) is 0.702. The zero-order valence-electron chi connectivity index (χ0n) is 6.19. The molecule has 0 spiro atoms. The van der Waals surface area contributed by atoms with E-state index in [0.717, 1.165) is 0 Å². The van der Waals surface area contributed by atoms with Gasteiger partial charge in [-0.05, 0) is 12.1 Å². The Morgan fingerprint density at radius 3 is 3.00 bits per heavy atom. The quantitative estimate of drug-likeness (QED) is 0.733. The molecule has 0 aliphatic heterocycles. The monoisotopic (exact) mass is 174 g/mol. The van der Waals surface area contributed by atoms with Crippen molar-refractivity contribution in [2.45, 2.75) is 6.10 Å². The van der Waals surface area contributed by atoms with Crippen molar-refractivity contribution in [2.24, 2.45) is 0 Å². The molecular weight excluding hydrogens is 164 g/mol. The van der Waals surface area contributed by atoms with Gasteiger partial charge in [0.2, 0.25) is 0 Å². The maximum atomic E-state index is 10.7. The molecule has 0 aliphatic carbocycles. The summed E-state index contributed by atoms with van der Waals surface area (Å²) in [5.41, 5.74) is 0. The second-order valence-corrected chi connectivity index (χ2v) is 3.75. The third-order valence-electron chi connectivity index (χ3n) is 1.26. The van der Waals surface area contributed by atoms with Crippen LogP contribution in [0.25, 0.3) is 0 Å². The molecule has 0 bridgehead atoms. The van der Waals surface area contributed by atoms with Gasteiger partial charge in [0.25, 0.3) is 0 Å². The molecule has 1 rings (SSSR count). The molecule has 0 aliphatic rings. The fourth-order valence-electron chi connectivity index (χ4n) is 0.785. The minimum atomic E-state index is -0.990. The van der Waals surface area contributed by atoms with Crippen molar-refractivity contribution in [3.8, 4) is 0 Å². The number of hydrogen-bond donors (Lipinski definition) is 1. The summed E-state index contributed by atoms with van der Waals surface area (Å²) in [6, 6.07) is 3.36. The van der Waals surface area contributed by atoms with Crippen LogP contribution in [0.15, 0.2) is 22.8 Å². The number of hydrogen-bond acceptors (Lipinski definition) is 3. The van der Waals surface area contributed by atoms with Gasteiger partial charge >= 0.3 is 0 Å². The van der Waals surface area contributed by atoms with E-state index in [1.165, 1.54) is 6.26 Å². The Balaban J connectivity index is 2.56. The van der Waals surface area contributed by atoms with Crippen molar-refractivity contribution in [3.63, 3.8) is 0 Å². The molecule has 62 valence electrons. The largest absolute Gasteiger partial charge is 0.467 e. The van der Waals surface area contributed by atoms with Gasteiger partial charge in [-0.2, -0.15) is 0 Å².